The van der Waals surface area contributed by atoms with Crippen molar-refractivity contribution in [3.63, 3.8) is 0 Å². The first kappa shape index (κ1) is 35.9. The van der Waals surface area contributed by atoms with Crippen LogP contribution in [0, 0.1) is 0 Å². The third-order valence-electron chi connectivity index (χ3n) is 5.42. The highest BCUT2D eigenvalue weighted by atomic mass is 79.9. The highest BCUT2D eigenvalue weighted by Gasteiger charge is 2.25. The molecule has 2 aromatic carbocycles. The van der Waals surface area contributed by atoms with Crippen molar-refractivity contribution in [1.29, 1.82) is 0 Å². The van der Waals surface area contributed by atoms with Gasteiger partial charge in [-0.25, -0.2) is 12.4 Å². The fraction of sp³-hybridized carbons (Fsp3) is 0.391. The molecule has 40 heavy (non-hydrogen) atoms. The smallest absolute Gasteiger partial charge is 0.269 e. The summed E-state index contributed by atoms with van der Waals surface area (Å²) in [7, 11) is -7.33. The monoisotopic (exact) mass is 687 g/mol. The van der Waals surface area contributed by atoms with Crippen LogP contribution >= 0.6 is 15.9 Å². The number of rotatable bonds is 5. The van der Waals surface area contributed by atoms with Crippen LogP contribution in [0.25, 0.3) is 10.9 Å². The molecule has 0 aliphatic carbocycles. The van der Waals surface area contributed by atoms with E-state index in [1.165, 1.54) is 3.97 Å². The summed E-state index contributed by atoms with van der Waals surface area (Å²) in [5.74, 6) is 0.716. The number of fused-ring (bicyclic) bond motifs is 1. The van der Waals surface area contributed by atoms with E-state index in [2.05, 4.69) is 32.8 Å². The van der Waals surface area contributed by atoms with Crippen molar-refractivity contribution < 1.29 is 44.6 Å². The van der Waals surface area contributed by atoms with Gasteiger partial charge in [-0.1, -0.05) is 12.1 Å². The van der Waals surface area contributed by atoms with E-state index in [4.69, 9.17) is 13.8 Å². The molecule has 17 heteroatoms. The summed E-state index contributed by atoms with van der Waals surface area (Å²) in [5.41, 5.74) is 1.64. The predicted molar refractivity (Wildman–Crippen MR) is 157 cm³/mol. The molecule has 1 fully saturated rings. The lowest BCUT2D eigenvalue weighted by atomic mass is 10.1. The normalized spacial score (nSPS) is 14.8. The van der Waals surface area contributed by atoms with Crippen molar-refractivity contribution in [2.45, 2.75) is 11.4 Å². The Kier molecular flexibility index (Phi) is 13.2. The van der Waals surface area contributed by atoms with Gasteiger partial charge in [-0.2, -0.15) is 16.8 Å². The number of hydrogen-bond acceptors (Lipinski definition) is 9. The first-order valence-electron chi connectivity index (χ1n) is 11.3. The summed E-state index contributed by atoms with van der Waals surface area (Å²) in [6, 6.07) is 12.4. The van der Waals surface area contributed by atoms with Crippen LogP contribution in [-0.4, -0.2) is 106 Å². The number of ether oxygens (including phenoxy) is 1. The average Bonchev–Trinajstić information content (AvgIpc) is 3.17. The minimum atomic E-state index is -3.74. The van der Waals surface area contributed by atoms with Crippen molar-refractivity contribution in [3.8, 4) is 5.75 Å². The van der Waals surface area contributed by atoms with Gasteiger partial charge < -0.3 is 15.1 Å². The molecule has 0 unspecified atom stereocenters. The SMILES string of the molecule is COc1ccc2c(c1)c(CN1CCN(C)CC1)cn2S(=O)(=O)c1ccccc1Br.CS(=O)(=O)O.CS(=O)(=O)O.O. The van der Waals surface area contributed by atoms with Crippen LogP contribution in [0.3, 0.4) is 0 Å². The standard InChI is InChI=1S/C21H24BrN3O3S.2CH4O3S.H2O/c1-23-9-11-24(12-10-23)14-16-15-25(20-8-7-17(28-2)13-18(16)20)29(26,27)21-6-4-3-5-19(21)22;2*1-5(2,3)4;/h3-8,13,15H,9-12,14H2,1-2H3;2*1H3,(H,2,3,4);1H2. The second kappa shape index (κ2) is 14.7. The average molecular weight is 689 g/mol. The van der Waals surface area contributed by atoms with Gasteiger partial charge in [0.25, 0.3) is 30.3 Å². The quantitative estimate of drug-likeness (QED) is 0.370. The summed E-state index contributed by atoms with van der Waals surface area (Å²) in [5, 5.41) is 0.902. The highest BCUT2D eigenvalue weighted by Crippen LogP contribution is 2.32. The van der Waals surface area contributed by atoms with Gasteiger partial charge >= 0.3 is 0 Å². The van der Waals surface area contributed by atoms with Gasteiger partial charge in [0.1, 0.15) is 10.6 Å². The zero-order valence-electron chi connectivity index (χ0n) is 22.4. The van der Waals surface area contributed by atoms with Crippen LogP contribution in [0.5, 0.6) is 5.75 Å². The van der Waals surface area contributed by atoms with Gasteiger partial charge in [-0.3, -0.25) is 14.0 Å². The van der Waals surface area contributed by atoms with E-state index in [0.717, 1.165) is 37.1 Å². The molecule has 13 nitrogen and oxygen atoms in total. The molecule has 1 aliphatic rings. The molecule has 3 aromatic rings. The third-order valence-corrected chi connectivity index (χ3v) is 8.11. The van der Waals surface area contributed by atoms with Crippen molar-refractivity contribution in [1.82, 2.24) is 13.8 Å². The molecule has 1 aliphatic heterocycles. The highest BCUT2D eigenvalue weighted by molar-refractivity contribution is 9.10. The fourth-order valence-corrected chi connectivity index (χ4v) is 6.06. The van der Waals surface area contributed by atoms with Gasteiger partial charge in [-0.15, -0.1) is 0 Å². The molecule has 0 amide bonds. The van der Waals surface area contributed by atoms with Crippen molar-refractivity contribution in [2.24, 2.45) is 0 Å². The zero-order chi connectivity index (χ0) is 29.6. The summed E-state index contributed by atoms with van der Waals surface area (Å²) in [4.78, 5) is 4.92. The number of piperazine rings is 1. The topological polar surface area (TPSA) is 195 Å². The Morgan fingerprint density at radius 3 is 1.93 bits per heavy atom. The number of halogens is 1. The molecular formula is C23H34BrN3O10S3. The Morgan fingerprint density at radius 2 is 1.43 bits per heavy atom. The lowest BCUT2D eigenvalue weighted by molar-refractivity contribution is 0.148. The lowest BCUT2D eigenvalue weighted by Crippen LogP contribution is -2.43. The molecule has 0 atom stereocenters. The molecule has 1 saturated heterocycles. The first-order valence-corrected chi connectivity index (χ1v) is 17.3. The van der Waals surface area contributed by atoms with E-state index in [9.17, 15) is 25.3 Å². The van der Waals surface area contributed by atoms with Crippen LogP contribution in [0.15, 0.2) is 58.0 Å². The molecule has 2 heterocycles. The fourth-order valence-electron chi connectivity index (χ4n) is 3.70. The molecule has 226 valence electrons. The minimum absolute atomic E-state index is 0. The predicted octanol–water partition coefficient (Wildman–Crippen LogP) is 1.58. The van der Waals surface area contributed by atoms with E-state index in [0.29, 0.717) is 34.8 Å². The van der Waals surface area contributed by atoms with Gasteiger partial charge in [0.05, 0.1) is 25.1 Å². The van der Waals surface area contributed by atoms with Crippen molar-refractivity contribution in [3.05, 3.63) is 58.7 Å². The number of benzene rings is 2. The van der Waals surface area contributed by atoms with Crippen LogP contribution in [0.4, 0.5) is 0 Å². The molecule has 1 aromatic heterocycles. The number of methoxy groups -OCH3 is 1. The van der Waals surface area contributed by atoms with E-state index in [1.54, 1.807) is 43.6 Å². The minimum Gasteiger partial charge on any atom is -0.497 e. The lowest BCUT2D eigenvalue weighted by Gasteiger charge is -2.32. The molecule has 0 radical (unpaired) electrons. The Balaban J connectivity index is 0.000000628. The molecule has 4 N–H and O–H groups in total. The third kappa shape index (κ3) is 11.4. The van der Waals surface area contributed by atoms with Crippen molar-refractivity contribution in [2.75, 3.05) is 52.8 Å². The van der Waals surface area contributed by atoms with Crippen LogP contribution in [0.1, 0.15) is 5.56 Å². The Labute approximate surface area is 243 Å². The number of nitrogens with zero attached hydrogens (tertiary/aromatic N) is 3. The Hall–Kier alpha value is -2.09. The first-order chi connectivity index (χ1) is 17.9. The van der Waals surface area contributed by atoms with Crippen molar-refractivity contribution >= 4 is 57.1 Å². The molecule has 0 bridgehead atoms. The van der Waals surface area contributed by atoms with Gasteiger partial charge in [-0.05, 0) is 58.9 Å². The number of hydrogen-bond donors (Lipinski definition) is 2. The van der Waals surface area contributed by atoms with E-state index in [-0.39, 0.29) is 10.4 Å². The second-order valence-electron chi connectivity index (χ2n) is 8.81. The Morgan fingerprint density at radius 1 is 0.900 bits per heavy atom. The number of likely N-dealkylation sites (N-methyl/N-ethyl adjacent to an activating group) is 1. The van der Waals surface area contributed by atoms with E-state index < -0.39 is 30.3 Å². The van der Waals surface area contributed by atoms with Crippen LogP contribution in [-0.2, 0) is 36.8 Å². The van der Waals surface area contributed by atoms with Gasteiger partial charge in [0.2, 0.25) is 0 Å². The molecule has 0 spiro atoms. The number of aromatic nitrogens is 1. The molecule has 4 rings (SSSR count). The largest absolute Gasteiger partial charge is 0.497 e. The van der Waals surface area contributed by atoms with Crippen LogP contribution < -0.4 is 4.74 Å². The summed E-state index contributed by atoms with van der Waals surface area (Å²) < 4.78 is 86.0. The Bertz CT molecular complexity index is 1550. The molecule has 0 saturated carbocycles. The summed E-state index contributed by atoms with van der Waals surface area (Å²) >= 11 is 3.38. The maximum absolute atomic E-state index is 13.5. The zero-order valence-corrected chi connectivity index (χ0v) is 26.4. The van der Waals surface area contributed by atoms with Gasteiger partial charge in [0.15, 0.2) is 0 Å². The summed E-state index contributed by atoms with van der Waals surface area (Å²) in [6.07, 6.45) is 3.19. The van der Waals surface area contributed by atoms with Gasteiger partial charge in [0, 0.05) is 48.8 Å². The van der Waals surface area contributed by atoms with E-state index >= 15 is 0 Å². The maximum atomic E-state index is 13.5. The van der Waals surface area contributed by atoms with E-state index in [1.807, 2.05) is 12.1 Å². The maximum Gasteiger partial charge on any atom is 0.269 e. The molecular weight excluding hydrogens is 654 g/mol. The summed E-state index contributed by atoms with van der Waals surface area (Å²) in [6.45, 7) is 4.65. The second-order valence-corrected chi connectivity index (χ2v) is 14.4. The van der Waals surface area contributed by atoms with Crippen LogP contribution in [0.2, 0.25) is 0 Å².